The third kappa shape index (κ3) is 5.01. The van der Waals surface area contributed by atoms with Crippen molar-refractivity contribution in [1.29, 1.82) is 0 Å². The molecule has 0 aromatic carbocycles. The van der Waals surface area contributed by atoms with Crippen LogP contribution in [0.1, 0.15) is 31.1 Å². The second-order valence-corrected chi connectivity index (χ2v) is 9.14. The normalized spacial score (nSPS) is 19.2. The summed E-state index contributed by atoms with van der Waals surface area (Å²) in [7, 11) is -3.46. The Hall–Kier alpha value is 0.01000. The highest BCUT2D eigenvalue weighted by Crippen LogP contribution is 2.31. The lowest BCUT2D eigenvalue weighted by Gasteiger charge is -2.10. The highest BCUT2D eigenvalue weighted by molar-refractivity contribution is 9.11. The Kier molecular flexibility index (Phi) is 6.64. The van der Waals surface area contributed by atoms with Gasteiger partial charge < -0.3 is 10.1 Å². The van der Waals surface area contributed by atoms with Crippen LogP contribution in [0.5, 0.6) is 0 Å². The monoisotopic (exact) mass is 396 g/mol. The Bertz CT molecular complexity index is 554. The van der Waals surface area contributed by atoms with Crippen molar-refractivity contribution in [2.24, 2.45) is 0 Å². The maximum Gasteiger partial charge on any atom is 0.242 e. The standard InChI is InChI=1S/C13H21BrN2O3S2/c1-2-15-9-11-8-12(13(14)20-11)21(17,18)16-6-5-10-4-3-7-19-10/h8,10,15-16H,2-7,9H2,1H3. The zero-order chi connectivity index (χ0) is 15.3. The van der Waals surface area contributed by atoms with E-state index in [9.17, 15) is 8.42 Å². The van der Waals surface area contributed by atoms with Crippen molar-refractivity contribution < 1.29 is 13.2 Å². The summed E-state index contributed by atoms with van der Waals surface area (Å²) in [5.41, 5.74) is 0. The number of thiophene rings is 1. The number of rotatable bonds is 8. The predicted octanol–water partition coefficient (Wildman–Crippen LogP) is 2.47. The average Bonchev–Trinajstić information content (AvgIpc) is 3.06. The zero-order valence-corrected chi connectivity index (χ0v) is 15.2. The van der Waals surface area contributed by atoms with Crippen LogP contribution in [0.15, 0.2) is 14.7 Å². The molecule has 1 aliphatic heterocycles. The Morgan fingerprint density at radius 1 is 1.52 bits per heavy atom. The number of hydrogen-bond donors (Lipinski definition) is 2. The van der Waals surface area contributed by atoms with Crippen LogP contribution in [0.2, 0.25) is 0 Å². The van der Waals surface area contributed by atoms with E-state index in [0.717, 1.165) is 37.3 Å². The van der Waals surface area contributed by atoms with Gasteiger partial charge in [-0.1, -0.05) is 6.92 Å². The Labute approximate surface area is 138 Å². The quantitative estimate of drug-likeness (QED) is 0.707. The Balaban J connectivity index is 1.93. The molecular formula is C13H21BrN2O3S2. The van der Waals surface area contributed by atoms with Gasteiger partial charge in [-0.2, -0.15) is 0 Å². The van der Waals surface area contributed by atoms with Gasteiger partial charge in [-0.05, 0) is 47.8 Å². The highest BCUT2D eigenvalue weighted by Gasteiger charge is 2.22. The van der Waals surface area contributed by atoms with E-state index in [2.05, 4.69) is 26.0 Å². The van der Waals surface area contributed by atoms with Gasteiger partial charge in [-0.25, -0.2) is 13.1 Å². The second-order valence-electron chi connectivity index (χ2n) is 4.95. The van der Waals surface area contributed by atoms with Crippen LogP contribution < -0.4 is 10.0 Å². The summed E-state index contributed by atoms with van der Waals surface area (Å²) in [5.74, 6) is 0. The summed E-state index contributed by atoms with van der Waals surface area (Å²) in [5, 5.41) is 3.19. The van der Waals surface area contributed by atoms with Crippen LogP contribution in [-0.4, -0.2) is 34.2 Å². The Morgan fingerprint density at radius 3 is 3.00 bits per heavy atom. The van der Waals surface area contributed by atoms with Crippen LogP contribution in [0.3, 0.4) is 0 Å². The summed E-state index contributed by atoms with van der Waals surface area (Å²) in [6, 6.07) is 1.73. The van der Waals surface area contributed by atoms with Crippen molar-refractivity contribution in [3.63, 3.8) is 0 Å². The van der Waals surface area contributed by atoms with Crippen molar-refractivity contribution in [3.05, 3.63) is 14.7 Å². The van der Waals surface area contributed by atoms with Gasteiger partial charge in [-0.3, -0.25) is 0 Å². The van der Waals surface area contributed by atoms with Gasteiger partial charge in [0.2, 0.25) is 10.0 Å². The molecule has 2 rings (SSSR count). The molecule has 1 aliphatic rings. The fourth-order valence-electron chi connectivity index (χ4n) is 2.22. The first-order chi connectivity index (χ1) is 10.0. The zero-order valence-electron chi connectivity index (χ0n) is 12.0. The number of sulfonamides is 1. The van der Waals surface area contributed by atoms with E-state index in [-0.39, 0.29) is 6.10 Å². The summed E-state index contributed by atoms with van der Waals surface area (Å²) >= 11 is 4.80. The molecule has 0 amide bonds. The first-order valence-corrected chi connectivity index (χ1v) is 10.2. The van der Waals surface area contributed by atoms with Gasteiger partial charge in [0, 0.05) is 24.6 Å². The van der Waals surface area contributed by atoms with E-state index >= 15 is 0 Å². The lowest BCUT2D eigenvalue weighted by molar-refractivity contribution is 0.105. The largest absolute Gasteiger partial charge is 0.378 e. The van der Waals surface area contributed by atoms with Gasteiger partial charge in [0.25, 0.3) is 0 Å². The van der Waals surface area contributed by atoms with Crippen LogP contribution >= 0.6 is 27.3 Å². The fraction of sp³-hybridized carbons (Fsp3) is 0.692. The minimum Gasteiger partial charge on any atom is -0.378 e. The Morgan fingerprint density at radius 2 is 2.33 bits per heavy atom. The number of halogens is 1. The smallest absolute Gasteiger partial charge is 0.242 e. The molecule has 1 saturated heterocycles. The van der Waals surface area contributed by atoms with Crippen molar-refractivity contribution in [2.75, 3.05) is 19.7 Å². The maximum absolute atomic E-state index is 12.3. The van der Waals surface area contributed by atoms with E-state index in [1.54, 1.807) is 6.07 Å². The molecule has 2 N–H and O–H groups in total. The highest BCUT2D eigenvalue weighted by atomic mass is 79.9. The molecule has 1 aromatic heterocycles. The molecule has 0 radical (unpaired) electrons. The van der Waals surface area contributed by atoms with Crippen molar-refractivity contribution in [1.82, 2.24) is 10.0 Å². The molecule has 1 aromatic rings. The van der Waals surface area contributed by atoms with Gasteiger partial charge in [-0.15, -0.1) is 11.3 Å². The maximum atomic E-state index is 12.3. The molecule has 1 unspecified atom stereocenters. The van der Waals surface area contributed by atoms with E-state index < -0.39 is 10.0 Å². The van der Waals surface area contributed by atoms with Crippen molar-refractivity contribution in [2.45, 2.75) is 43.7 Å². The van der Waals surface area contributed by atoms with Gasteiger partial charge in [0.1, 0.15) is 4.90 Å². The summed E-state index contributed by atoms with van der Waals surface area (Å²) in [6.07, 6.45) is 3.02. The number of hydrogen-bond acceptors (Lipinski definition) is 5. The minimum absolute atomic E-state index is 0.197. The summed E-state index contributed by atoms with van der Waals surface area (Å²) in [4.78, 5) is 1.33. The van der Waals surface area contributed by atoms with E-state index in [0.29, 0.717) is 21.8 Å². The van der Waals surface area contributed by atoms with Crippen LogP contribution in [0.25, 0.3) is 0 Å². The molecule has 0 aliphatic carbocycles. The summed E-state index contributed by atoms with van der Waals surface area (Å²) in [6.45, 7) is 4.77. The molecule has 5 nitrogen and oxygen atoms in total. The lowest BCUT2D eigenvalue weighted by atomic mass is 10.2. The van der Waals surface area contributed by atoms with Gasteiger partial charge >= 0.3 is 0 Å². The molecule has 21 heavy (non-hydrogen) atoms. The van der Waals surface area contributed by atoms with Crippen molar-refractivity contribution in [3.8, 4) is 0 Å². The second kappa shape index (κ2) is 8.03. The van der Waals surface area contributed by atoms with E-state index in [1.807, 2.05) is 6.92 Å². The average molecular weight is 397 g/mol. The fourth-order valence-corrected chi connectivity index (χ4v) is 5.92. The van der Waals surface area contributed by atoms with Crippen LogP contribution in [-0.2, 0) is 21.3 Å². The molecule has 0 bridgehead atoms. The van der Waals surface area contributed by atoms with Crippen LogP contribution in [0.4, 0.5) is 0 Å². The topological polar surface area (TPSA) is 67.4 Å². The third-order valence-electron chi connectivity index (χ3n) is 3.33. The SMILES string of the molecule is CCNCc1cc(S(=O)(=O)NCCC2CCCO2)c(Br)s1. The van der Waals surface area contributed by atoms with Crippen molar-refractivity contribution >= 4 is 37.3 Å². The summed E-state index contributed by atoms with van der Waals surface area (Å²) < 4.78 is 33.4. The molecule has 8 heteroatoms. The molecule has 120 valence electrons. The molecule has 2 heterocycles. The first kappa shape index (κ1) is 17.4. The molecule has 1 fully saturated rings. The van der Waals surface area contributed by atoms with Crippen LogP contribution in [0, 0.1) is 0 Å². The van der Waals surface area contributed by atoms with Gasteiger partial charge in [0.15, 0.2) is 0 Å². The molecule has 1 atom stereocenters. The number of ether oxygens (including phenoxy) is 1. The first-order valence-electron chi connectivity index (χ1n) is 7.13. The predicted molar refractivity (Wildman–Crippen MR) is 88.2 cm³/mol. The molecular weight excluding hydrogens is 376 g/mol. The van der Waals surface area contributed by atoms with E-state index in [1.165, 1.54) is 11.3 Å². The van der Waals surface area contributed by atoms with Gasteiger partial charge in [0.05, 0.1) is 9.89 Å². The minimum atomic E-state index is -3.46. The third-order valence-corrected chi connectivity index (χ3v) is 7.04. The molecule has 0 saturated carbocycles. The van der Waals surface area contributed by atoms with E-state index in [4.69, 9.17) is 4.74 Å². The number of nitrogens with one attached hydrogen (secondary N) is 2. The lowest BCUT2D eigenvalue weighted by Crippen LogP contribution is -2.27. The molecule has 0 spiro atoms.